The molecule has 0 spiro atoms. The Bertz CT molecular complexity index is 556. The van der Waals surface area contributed by atoms with Crippen LogP contribution in [0.4, 0.5) is 0 Å². The lowest BCUT2D eigenvalue weighted by molar-refractivity contribution is -0.128. The van der Waals surface area contributed by atoms with Gasteiger partial charge < -0.3 is 14.8 Å². The highest BCUT2D eigenvalue weighted by molar-refractivity contribution is 5.81. The van der Waals surface area contributed by atoms with Gasteiger partial charge in [0.25, 0.3) is 0 Å². The van der Waals surface area contributed by atoms with Gasteiger partial charge in [0.2, 0.25) is 5.91 Å². The molecule has 1 heterocycles. The lowest BCUT2D eigenvalue weighted by Gasteiger charge is -2.24. The lowest BCUT2D eigenvalue weighted by atomic mass is 9.92. The molecule has 1 aliphatic heterocycles. The Morgan fingerprint density at radius 2 is 1.86 bits per heavy atom. The van der Waals surface area contributed by atoms with E-state index in [1.54, 1.807) is 0 Å². The van der Waals surface area contributed by atoms with Gasteiger partial charge in [-0.05, 0) is 30.5 Å². The third-order valence-electron chi connectivity index (χ3n) is 4.28. The molecule has 0 radical (unpaired) electrons. The summed E-state index contributed by atoms with van der Waals surface area (Å²) >= 11 is 0. The van der Waals surface area contributed by atoms with Crippen molar-refractivity contribution in [2.24, 2.45) is 5.41 Å². The van der Waals surface area contributed by atoms with Crippen molar-refractivity contribution in [1.82, 2.24) is 5.32 Å². The van der Waals surface area contributed by atoms with Crippen molar-refractivity contribution >= 4 is 5.91 Å². The topological polar surface area (TPSA) is 47.6 Å². The molecule has 21 heavy (non-hydrogen) atoms. The first-order valence-corrected chi connectivity index (χ1v) is 7.59. The van der Waals surface area contributed by atoms with Gasteiger partial charge in [-0.25, -0.2) is 0 Å². The van der Waals surface area contributed by atoms with Crippen molar-refractivity contribution in [2.45, 2.75) is 39.0 Å². The fourth-order valence-corrected chi connectivity index (χ4v) is 2.61. The Balaban J connectivity index is 1.72. The Kier molecular flexibility index (Phi) is 3.34. The highest BCUT2D eigenvalue weighted by Crippen LogP contribution is 2.49. The first-order chi connectivity index (χ1) is 9.91. The summed E-state index contributed by atoms with van der Waals surface area (Å²) in [6.07, 6.45) is 2.22. The van der Waals surface area contributed by atoms with Crippen molar-refractivity contribution in [3.05, 3.63) is 23.8 Å². The molecule has 1 saturated carbocycles. The molecule has 4 nitrogen and oxygen atoms in total. The zero-order valence-electron chi connectivity index (χ0n) is 13.0. The molecule has 2 aliphatic rings. The van der Waals surface area contributed by atoms with E-state index >= 15 is 0 Å². The number of hydrogen-bond acceptors (Lipinski definition) is 3. The smallest absolute Gasteiger partial charge is 0.225 e. The van der Waals surface area contributed by atoms with Crippen LogP contribution >= 0.6 is 0 Å². The number of ether oxygens (including phenoxy) is 2. The SMILES string of the molecule is CC(C)(C)C(=O)NCC1(c2ccc3c(c2)OCCO3)CC1. The first-order valence-electron chi connectivity index (χ1n) is 7.59. The number of amides is 1. The average molecular weight is 289 g/mol. The summed E-state index contributed by atoms with van der Waals surface area (Å²) in [5.74, 6) is 1.75. The summed E-state index contributed by atoms with van der Waals surface area (Å²) in [6.45, 7) is 7.72. The van der Waals surface area contributed by atoms with Crippen LogP contribution in [0.1, 0.15) is 39.2 Å². The summed E-state index contributed by atoms with van der Waals surface area (Å²) in [7, 11) is 0. The molecule has 1 aromatic rings. The quantitative estimate of drug-likeness (QED) is 0.930. The van der Waals surface area contributed by atoms with Gasteiger partial charge in [0.1, 0.15) is 13.2 Å². The van der Waals surface area contributed by atoms with Crippen LogP contribution in [0, 0.1) is 5.41 Å². The number of rotatable bonds is 3. The van der Waals surface area contributed by atoms with Crippen molar-refractivity contribution in [3.63, 3.8) is 0 Å². The van der Waals surface area contributed by atoms with Gasteiger partial charge in [0.05, 0.1) is 0 Å². The first kappa shape index (κ1) is 14.2. The lowest BCUT2D eigenvalue weighted by Crippen LogP contribution is -2.39. The van der Waals surface area contributed by atoms with E-state index in [0.717, 1.165) is 24.3 Å². The van der Waals surface area contributed by atoms with Gasteiger partial charge in [-0.15, -0.1) is 0 Å². The van der Waals surface area contributed by atoms with Crippen LogP contribution in [0.3, 0.4) is 0 Å². The van der Waals surface area contributed by atoms with Gasteiger partial charge in [-0.2, -0.15) is 0 Å². The molecule has 1 N–H and O–H groups in total. The molecular weight excluding hydrogens is 266 g/mol. The Labute approximate surface area is 125 Å². The van der Waals surface area contributed by atoms with Gasteiger partial charge in [0.15, 0.2) is 11.5 Å². The molecule has 1 aliphatic carbocycles. The predicted octanol–water partition coefficient (Wildman–Crippen LogP) is 2.65. The van der Waals surface area contributed by atoms with E-state index in [2.05, 4.69) is 17.4 Å². The van der Waals surface area contributed by atoms with Crippen molar-refractivity contribution in [2.75, 3.05) is 19.8 Å². The van der Waals surface area contributed by atoms with Gasteiger partial charge in [0, 0.05) is 17.4 Å². The third kappa shape index (κ3) is 2.85. The van der Waals surface area contributed by atoms with Crippen LogP contribution in [0.25, 0.3) is 0 Å². The van der Waals surface area contributed by atoms with E-state index in [0.29, 0.717) is 19.8 Å². The summed E-state index contributed by atoms with van der Waals surface area (Å²) in [6, 6.07) is 6.16. The van der Waals surface area contributed by atoms with Gasteiger partial charge in [-0.3, -0.25) is 4.79 Å². The van der Waals surface area contributed by atoms with Crippen molar-refractivity contribution < 1.29 is 14.3 Å². The fraction of sp³-hybridized carbons (Fsp3) is 0.588. The average Bonchev–Trinajstić information content (AvgIpc) is 3.24. The third-order valence-corrected chi connectivity index (χ3v) is 4.28. The summed E-state index contributed by atoms with van der Waals surface area (Å²) in [4.78, 5) is 12.0. The largest absolute Gasteiger partial charge is 0.486 e. The number of carbonyl (C=O) groups excluding carboxylic acids is 1. The number of benzene rings is 1. The minimum Gasteiger partial charge on any atom is -0.486 e. The van der Waals surface area contributed by atoms with E-state index in [-0.39, 0.29) is 16.7 Å². The van der Waals surface area contributed by atoms with Crippen molar-refractivity contribution in [1.29, 1.82) is 0 Å². The van der Waals surface area contributed by atoms with Crippen LogP contribution in [-0.4, -0.2) is 25.7 Å². The molecule has 0 atom stereocenters. The number of nitrogens with one attached hydrogen (secondary N) is 1. The molecule has 0 saturated heterocycles. The van der Waals surface area contributed by atoms with E-state index in [1.807, 2.05) is 26.8 Å². The minimum absolute atomic E-state index is 0.0801. The molecule has 1 fully saturated rings. The Morgan fingerprint density at radius 3 is 2.48 bits per heavy atom. The second kappa shape index (κ2) is 4.93. The molecule has 1 aromatic carbocycles. The van der Waals surface area contributed by atoms with Gasteiger partial charge in [-0.1, -0.05) is 26.8 Å². The highest BCUT2D eigenvalue weighted by Gasteiger charge is 2.45. The highest BCUT2D eigenvalue weighted by atomic mass is 16.6. The maximum absolute atomic E-state index is 12.0. The van der Waals surface area contributed by atoms with Crippen LogP contribution in [0.15, 0.2) is 18.2 Å². The van der Waals surface area contributed by atoms with Crippen LogP contribution < -0.4 is 14.8 Å². The van der Waals surface area contributed by atoms with Crippen LogP contribution in [-0.2, 0) is 10.2 Å². The molecule has 1 amide bonds. The van der Waals surface area contributed by atoms with Crippen molar-refractivity contribution in [3.8, 4) is 11.5 Å². The maximum atomic E-state index is 12.0. The molecule has 0 bridgehead atoms. The standard InChI is InChI=1S/C17H23NO3/c1-16(2,3)15(19)18-11-17(6-7-17)12-4-5-13-14(10-12)21-9-8-20-13/h4-5,10H,6-9,11H2,1-3H3,(H,18,19). The molecule has 3 rings (SSSR count). The van der Waals surface area contributed by atoms with E-state index < -0.39 is 0 Å². The molecule has 4 heteroatoms. The molecule has 0 aromatic heterocycles. The van der Waals surface area contributed by atoms with E-state index in [1.165, 1.54) is 5.56 Å². The minimum atomic E-state index is -0.344. The number of fused-ring (bicyclic) bond motifs is 1. The van der Waals surface area contributed by atoms with E-state index in [4.69, 9.17) is 9.47 Å². The molecule has 114 valence electrons. The normalized spacial score (nSPS) is 19.0. The second-order valence-corrected chi connectivity index (χ2v) is 7.07. The summed E-state index contributed by atoms with van der Waals surface area (Å²) < 4.78 is 11.2. The zero-order chi connectivity index (χ0) is 15.1. The molecule has 0 unspecified atom stereocenters. The number of hydrogen-bond donors (Lipinski definition) is 1. The summed E-state index contributed by atoms with van der Waals surface area (Å²) in [5, 5.41) is 3.09. The Morgan fingerprint density at radius 1 is 1.19 bits per heavy atom. The summed E-state index contributed by atoms with van der Waals surface area (Å²) in [5.41, 5.74) is 0.973. The second-order valence-electron chi connectivity index (χ2n) is 7.07. The zero-order valence-corrected chi connectivity index (χ0v) is 13.0. The van der Waals surface area contributed by atoms with Crippen LogP contribution in [0.5, 0.6) is 11.5 Å². The maximum Gasteiger partial charge on any atom is 0.225 e. The van der Waals surface area contributed by atoms with Crippen LogP contribution in [0.2, 0.25) is 0 Å². The van der Waals surface area contributed by atoms with Gasteiger partial charge >= 0.3 is 0 Å². The monoisotopic (exact) mass is 289 g/mol. The van der Waals surface area contributed by atoms with E-state index in [9.17, 15) is 4.79 Å². The fourth-order valence-electron chi connectivity index (χ4n) is 2.61. The Hall–Kier alpha value is -1.71. The predicted molar refractivity (Wildman–Crippen MR) is 80.8 cm³/mol. The molecular formula is C17H23NO3. The number of carbonyl (C=O) groups is 1.